The summed E-state index contributed by atoms with van der Waals surface area (Å²) in [7, 11) is 0. The van der Waals surface area contributed by atoms with Crippen LogP contribution in [0.15, 0.2) is 22.7 Å². The third kappa shape index (κ3) is 3.53. The van der Waals surface area contributed by atoms with E-state index in [-0.39, 0.29) is 0 Å². The first-order valence-corrected chi connectivity index (χ1v) is 9.46. The van der Waals surface area contributed by atoms with E-state index in [2.05, 4.69) is 53.3 Å². The lowest BCUT2D eigenvalue weighted by atomic mass is 9.82. The van der Waals surface area contributed by atoms with Gasteiger partial charge in [-0.15, -0.1) is 0 Å². The van der Waals surface area contributed by atoms with Crippen molar-refractivity contribution >= 4 is 15.9 Å². The molecule has 0 aromatic heterocycles. The molecular formula is C19H28BrN. The highest BCUT2D eigenvalue weighted by molar-refractivity contribution is 9.10. The molecule has 4 unspecified atom stereocenters. The number of halogens is 1. The molecule has 2 aliphatic rings. The molecule has 0 radical (unpaired) electrons. The summed E-state index contributed by atoms with van der Waals surface area (Å²) in [5.74, 6) is 3.04. The first-order chi connectivity index (χ1) is 10.2. The monoisotopic (exact) mass is 349 g/mol. The van der Waals surface area contributed by atoms with Crippen molar-refractivity contribution in [2.24, 2.45) is 17.8 Å². The number of fused-ring (bicyclic) bond motifs is 2. The van der Waals surface area contributed by atoms with Crippen LogP contribution in [0.4, 0.5) is 0 Å². The number of aryl methyl sites for hydroxylation is 1. The van der Waals surface area contributed by atoms with Crippen molar-refractivity contribution in [3.63, 3.8) is 0 Å². The van der Waals surface area contributed by atoms with Gasteiger partial charge >= 0.3 is 0 Å². The third-order valence-corrected chi connectivity index (χ3v) is 6.54. The zero-order valence-electron chi connectivity index (χ0n) is 13.4. The van der Waals surface area contributed by atoms with E-state index in [1.807, 2.05) is 0 Å². The van der Waals surface area contributed by atoms with Crippen molar-refractivity contribution in [3.05, 3.63) is 33.8 Å². The molecule has 1 aromatic carbocycles. The molecule has 3 rings (SSSR count). The van der Waals surface area contributed by atoms with E-state index < -0.39 is 0 Å². The molecule has 1 N–H and O–H groups in total. The molecule has 116 valence electrons. The van der Waals surface area contributed by atoms with Crippen LogP contribution >= 0.6 is 15.9 Å². The lowest BCUT2D eigenvalue weighted by molar-refractivity contribution is 0.279. The van der Waals surface area contributed by atoms with Gasteiger partial charge in [-0.2, -0.15) is 0 Å². The summed E-state index contributed by atoms with van der Waals surface area (Å²) in [6.45, 7) is 5.58. The van der Waals surface area contributed by atoms with Gasteiger partial charge in [-0.25, -0.2) is 0 Å². The van der Waals surface area contributed by atoms with Gasteiger partial charge in [0, 0.05) is 10.5 Å². The van der Waals surface area contributed by atoms with Crippen molar-refractivity contribution in [2.75, 3.05) is 6.54 Å². The Labute approximate surface area is 138 Å². The van der Waals surface area contributed by atoms with E-state index in [1.54, 1.807) is 0 Å². The lowest BCUT2D eigenvalue weighted by Crippen LogP contribution is -2.26. The van der Waals surface area contributed by atoms with Crippen LogP contribution < -0.4 is 5.32 Å². The Kier molecular flexibility index (Phi) is 5.06. The van der Waals surface area contributed by atoms with Crippen molar-refractivity contribution in [2.45, 2.75) is 58.4 Å². The second-order valence-corrected chi connectivity index (χ2v) is 8.04. The van der Waals surface area contributed by atoms with Crippen LogP contribution in [0.2, 0.25) is 0 Å². The van der Waals surface area contributed by atoms with E-state index in [0.717, 1.165) is 24.3 Å². The fourth-order valence-corrected chi connectivity index (χ4v) is 4.75. The van der Waals surface area contributed by atoms with Gasteiger partial charge in [0.1, 0.15) is 0 Å². The molecule has 1 nitrogen and oxygen atoms in total. The van der Waals surface area contributed by atoms with Gasteiger partial charge in [-0.3, -0.25) is 0 Å². The van der Waals surface area contributed by atoms with Crippen LogP contribution in [-0.4, -0.2) is 6.54 Å². The second-order valence-electron chi connectivity index (χ2n) is 7.19. The average Bonchev–Trinajstić information content (AvgIpc) is 3.09. The molecule has 1 aromatic rings. The van der Waals surface area contributed by atoms with E-state index in [0.29, 0.717) is 6.04 Å². The molecule has 0 heterocycles. The standard InChI is InChI=1S/C19H28BrN/c1-3-8-21-19(16-6-7-18(20)13(2)9-16)12-17-11-14-4-5-15(17)10-14/h6-7,9,14-15,17,19,21H,3-5,8,10-12H2,1-2H3. The van der Waals surface area contributed by atoms with Crippen LogP contribution in [0.1, 0.15) is 62.6 Å². The maximum Gasteiger partial charge on any atom is 0.0323 e. The van der Waals surface area contributed by atoms with Gasteiger partial charge in [0.05, 0.1) is 0 Å². The van der Waals surface area contributed by atoms with Crippen LogP contribution in [0.3, 0.4) is 0 Å². The SMILES string of the molecule is CCCNC(CC1CC2CCC1C2)c1ccc(Br)c(C)c1. The topological polar surface area (TPSA) is 12.0 Å². The predicted octanol–water partition coefficient (Wildman–Crippen LogP) is 5.62. The highest BCUT2D eigenvalue weighted by Gasteiger charge is 2.40. The van der Waals surface area contributed by atoms with E-state index in [4.69, 9.17) is 0 Å². The van der Waals surface area contributed by atoms with Crippen molar-refractivity contribution < 1.29 is 0 Å². The molecule has 2 aliphatic carbocycles. The minimum atomic E-state index is 0.543. The van der Waals surface area contributed by atoms with E-state index in [1.165, 1.54) is 54.1 Å². The van der Waals surface area contributed by atoms with Crippen LogP contribution in [-0.2, 0) is 0 Å². The predicted molar refractivity (Wildman–Crippen MR) is 93.5 cm³/mol. The smallest absolute Gasteiger partial charge is 0.0323 e. The number of nitrogens with one attached hydrogen (secondary N) is 1. The molecule has 2 heteroatoms. The van der Waals surface area contributed by atoms with Crippen LogP contribution in [0.25, 0.3) is 0 Å². The average molecular weight is 350 g/mol. The molecule has 0 saturated heterocycles. The Morgan fingerprint density at radius 2 is 2.14 bits per heavy atom. The van der Waals surface area contributed by atoms with Gasteiger partial charge in [-0.05, 0) is 80.5 Å². The van der Waals surface area contributed by atoms with Crippen LogP contribution in [0, 0.1) is 24.7 Å². The fraction of sp³-hybridized carbons (Fsp3) is 0.684. The lowest BCUT2D eigenvalue weighted by Gasteiger charge is -2.28. The van der Waals surface area contributed by atoms with Gasteiger partial charge in [0.2, 0.25) is 0 Å². The first-order valence-electron chi connectivity index (χ1n) is 8.66. The molecule has 0 aliphatic heterocycles. The first kappa shape index (κ1) is 15.6. The highest BCUT2D eigenvalue weighted by atomic mass is 79.9. The Bertz CT molecular complexity index is 484. The Balaban J connectivity index is 1.72. The zero-order chi connectivity index (χ0) is 14.8. The molecule has 2 saturated carbocycles. The molecule has 4 atom stereocenters. The maximum atomic E-state index is 3.80. The summed E-state index contributed by atoms with van der Waals surface area (Å²) in [5, 5.41) is 3.80. The summed E-state index contributed by atoms with van der Waals surface area (Å²) in [4.78, 5) is 0. The fourth-order valence-electron chi connectivity index (χ4n) is 4.51. The Morgan fingerprint density at radius 3 is 2.76 bits per heavy atom. The van der Waals surface area contributed by atoms with E-state index >= 15 is 0 Å². The minimum absolute atomic E-state index is 0.543. The largest absolute Gasteiger partial charge is 0.310 e. The Hall–Kier alpha value is -0.340. The number of rotatable bonds is 6. The molecule has 0 amide bonds. The van der Waals surface area contributed by atoms with Crippen molar-refractivity contribution in [1.29, 1.82) is 0 Å². The van der Waals surface area contributed by atoms with Crippen molar-refractivity contribution in [3.8, 4) is 0 Å². The zero-order valence-corrected chi connectivity index (χ0v) is 15.0. The summed E-state index contributed by atoms with van der Waals surface area (Å²) in [6, 6.07) is 7.43. The van der Waals surface area contributed by atoms with Gasteiger partial charge in [0.15, 0.2) is 0 Å². The quantitative estimate of drug-likeness (QED) is 0.702. The normalized spacial score (nSPS) is 29.0. The summed E-state index contributed by atoms with van der Waals surface area (Å²) in [6.07, 6.45) is 8.56. The van der Waals surface area contributed by atoms with Gasteiger partial charge < -0.3 is 5.32 Å². The molecule has 2 bridgehead atoms. The van der Waals surface area contributed by atoms with E-state index in [9.17, 15) is 0 Å². The van der Waals surface area contributed by atoms with Crippen molar-refractivity contribution in [1.82, 2.24) is 5.32 Å². The van der Waals surface area contributed by atoms with Gasteiger partial charge in [-0.1, -0.05) is 41.4 Å². The second kappa shape index (κ2) is 6.83. The summed E-state index contributed by atoms with van der Waals surface area (Å²) >= 11 is 3.63. The van der Waals surface area contributed by atoms with Gasteiger partial charge in [0.25, 0.3) is 0 Å². The summed E-state index contributed by atoms with van der Waals surface area (Å²) < 4.78 is 1.22. The minimum Gasteiger partial charge on any atom is -0.310 e. The molecular weight excluding hydrogens is 322 g/mol. The number of hydrogen-bond donors (Lipinski definition) is 1. The van der Waals surface area contributed by atoms with Crippen LogP contribution in [0.5, 0.6) is 0 Å². The third-order valence-electron chi connectivity index (χ3n) is 5.65. The number of hydrogen-bond acceptors (Lipinski definition) is 1. The molecule has 2 fully saturated rings. The highest BCUT2D eigenvalue weighted by Crippen LogP contribution is 2.51. The number of benzene rings is 1. The molecule has 0 spiro atoms. The summed E-state index contributed by atoms with van der Waals surface area (Å²) in [5.41, 5.74) is 2.83. The maximum absolute atomic E-state index is 3.80. The molecule has 21 heavy (non-hydrogen) atoms. The Morgan fingerprint density at radius 1 is 1.29 bits per heavy atom.